The van der Waals surface area contributed by atoms with E-state index in [-0.39, 0.29) is 0 Å². The average Bonchev–Trinajstić information content (AvgIpc) is 2.93. The highest BCUT2D eigenvalue weighted by molar-refractivity contribution is 7.80. The summed E-state index contributed by atoms with van der Waals surface area (Å²) in [6.45, 7) is 0. The zero-order valence-corrected chi connectivity index (χ0v) is 13.2. The highest BCUT2D eigenvalue weighted by Crippen LogP contribution is 2.36. The SMILES string of the molecule is COc1ccc2[nH]c(-c3ccccc3OC)c(C(N)=S)c2c1. The number of ether oxygens (including phenoxy) is 2. The standard InChI is InChI=1S/C17H16N2O2S/c1-20-10-7-8-13-12(9-10)15(17(18)22)16(19-13)11-5-3-4-6-14(11)21-2/h3-9,19H,1-2H3,(H2,18,22). The molecule has 0 aliphatic heterocycles. The molecule has 112 valence electrons. The number of hydrogen-bond donors (Lipinski definition) is 2. The van der Waals surface area contributed by atoms with E-state index in [1.54, 1.807) is 14.2 Å². The van der Waals surface area contributed by atoms with E-state index in [4.69, 9.17) is 27.4 Å². The second-order valence-electron chi connectivity index (χ2n) is 4.85. The number of nitrogens with two attached hydrogens (primary N) is 1. The lowest BCUT2D eigenvalue weighted by Crippen LogP contribution is -2.10. The molecule has 4 nitrogen and oxygen atoms in total. The molecule has 0 amide bonds. The molecule has 0 bridgehead atoms. The van der Waals surface area contributed by atoms with Gasteiger partial charge in [-0.2, -0.15) is 0 Å². The summed E-state index contributed by atoms with van der Waals surface area (Å²) in [5, 5.41) is 0.938. The van der Waals surface area contributed by atoms with E-state index in [2.05, 4.69) is 4.98 Å². The Hall–Kier alpha value is -2.53. The average molecular weight is 312 g/mol. The number of H-pyrrole nitrogens is 1. The smallest absolute Gasteiger partial charge is 0.128 e. The molecule has 1 heterocycles. The molecule has 1 aromatic heterocycles. The van der Waals surface area contributed by atoms with Crippen molar-refractivity contribution in [1.82, 2.24) is 4.98 Å². The van der Waals surface area contributed by atoms with E-state index in [1.165, 1.54) is 0 Å². The third-order valence-corrected chi connectivity index (χ3v) is 3.83. The van der Waals surface area contributed by atoms with Gasteiger partial charge in [-0.3, -0.25) is 0 Å². The highest BCUT2D eigenvalue weighted by Gasteiger charge is 2.18. The minimum Gasteiger partial charge on any atom is -0.497 e. The van der Waals surface area contributed by atoms with Crippen molar-refractivity contribution in [3.05, 3.63) is 48.0 Å². The van der Waals surface area contributed by atoms with Gasteiger partial charge in [0.25, 0.3) is 0 Å². The Morgan fingerprint density at radius 2 is 1.86 bits per heavy atom. The van der Waals surface area contributed by atoms with Gasteiger partial charge in [-0.1, -0.05) is 24.4 Å². The fraction of sp³-hybridized carbons (Fsp3) is 0.118. The van der Waals surface area contributed by atoms with Crippen molar-refractivity contribution in [3.63, 3.8) is 0 Å². The van der Waals surface area contributed by atoms with Crippen LogP contribution in [-0.2, 0) is 0 Å². The van der Waals surface area contributed by atoms with Gasteiger partial charge in [0.15, 0.2) is 0 Å². The molecule has 0 fully saturated rings. The number of hydrogen-bond acceptors (Lipinski definition) is 3. The summed E-state index contributed by atoms with van der Waals surface area (Å²) in [5.74, 6) is 1.52. The molecule has 0 unspecified atom stereocenters. The normalized spacial score (nSPS) is 10.6. The van der Waals surface area contributed by atoms with Gasteiger partial charge in [-0.15, -0.1) is 0 Å². The summed E-state index contributed by atoms with van der Waals surface area (Å²) in [5.41, 5.74) is 9.50. The van der Waals surface area contributed by atoms with Gasteiger partial charge in [0, 0.05) is 22.0 Å². The summed E-state index contributed by atoms with van der Waals surface area (Å²) < 4.78 is 10.7. The number of rotatable bonds is 4. The van der Waals surface area contributed by atoms with E-state index in [9.17, 15) is 0 Å². The molecule has 22 heavy (non-hydrogen) atoms. The predicted octanol–water partition coefficient (Wildman–Crippen LogP) is 3.49. The lowest BCUT2D eigenvalue weighted by atomic mass is 10.0. The quantitative estimate of drug-likeness (QED) is 0.724. The van der Waals surface area contributed by atoms with Crippen LogP contribution in [0.25, 0.3) is 22.2 Å². The third kappa shape index (κ3) is 2.29. The van der Waals surface area contributed by atoms with E-state index < -0.39 is 0 Å². The zero-order valence-electron chi connectivity index (χ0n) is 12.3. The number of aromatic amines is 1. The van der Waals surface area contributed by atoms with Gasteiger partial charge < -0.3 is 20.2 Å². The molecule has 3 rings (SSSR count). The van der Waals surface area contributed by atoms with Crippen molar-refractivity contribution in [2.75, 3.05) is 14.2 Å². The molecule has 0 radical (unpaired) electrons. The fourth-order valence-electron chi connectivity index (χ4n) is 2.61. The minimum absolute atomic E-state index is 0.334. The first-order chi connectivity index (χ1) is 10.7. The van der Waals surface area contributed by atoms with Crippen LogP contribution in [0.4, 0.5) is 0 Å². The first-order valence-electron chi connectivity index (χ1n) is 6.78. The van der Waals surface area contributed by atoms with Crippen LogP contribution < -0.4 is 15.2 Å². The summed E-state index contributed by atoms with van der Waals surface area (Å²) in [7, 11) is 3.28. The molecule has 5 heteroatoms. The van der Waals surface area contributed by atoms with Crippen LogP contribution in [-0.4, -0.2) is 24.2 Å². The molecular weight excluding hydrogens is 296 g/mol. The topological polar surface area (TPSA) is 60.3 Å². The molecule has 3 aromatic rings. The van der Waals surface area contributed by atoms with E-state index in [0.29, 0.717) is 4.99 Å². The Bertz CT molecular complexity index is 855. The van der Waals surface area contributed by atoms with Gasteiger partial charge in [0.1, 0.15) is 16.5 Å². The van der Waals surface area contributed by atoms with Crippen molar-refractivity contribution in [1.29, 1.82) is 0 Å². The lowest BCUT2D eigenvalue weighted by molar-refractivity contribution is 0.415. The zero-order chi connectivity index (χ0) is 15.7. The van der Waals surface area contributed by atoms with Gasteiger partial charge in [0.05, 0.1) is 19.9 Å². The largest absolute Gasteiger partial charge is 0.497 e. The second kappa shape index (κ2) is 5.69. The fourth-order valence-corrected chi connectivity index (χ4v) is 2.82. The predicted molar refractivity (Wildman–Crippen MR) is 92.7 cm³/mol. The van der Waals surface area contributed by atoms with Crippen LogP contribution in [0.1, 0.15) is 5.56 Å². The van der Waals surface area contributed by atoms with E-state index >= 15 is 0 Å². The van der Waals surface area contributed by atoms with Crippen molar-refractivity contribution in [3.8, 4) is 22.8 Å². The molecule has 0 aliphatic rings. The molecule has 0 saturated carbocycles. The Kier molecular flexibility index (Phi) is 3.73. The number of thiocarbonyl (C=S) groups is 1. The highest BCUT2D eigenvalue weighted by atomic mass is 32.1. The van der Waals surface area contributed by atoms with Crippen LogP contribution in [0.3, 0.4) is 0 Å². The number of nitrogens with one attached hydrogen (secondary N) is 1. The number of methoxy groups -OCH3 is 2. The second-order valence-corrected chi connectivity index (χ2v) is 5.29. The van der Waals surface area contributed by atoms with Gasteiger partial charge >= 0.3 is 0 Å². The maximum Gasteiger partial charge on any atom is 0.128 e. The van der Waals surface area contributed by atoms with Crippen LogP contribution in [0, 0.1) is 0 Å². The van der Waals surface area contributed by atoms with Crippen molar-refractivity contribution < 1.29 is 9.47 Å². The Morgan fingerprint density at radius 1 is 1.09 bits per heavy atom. The molecule has 0 atom stereocenters. The van der Waals surface area contributed by atoms with Crippen molar-refractivity contribution in [2.45, 2.75) is 0 Å². The Balaban J connectivity index is 2.34. The summed E-state index contributed by atoms with van der Waals surface area (Å²) >= 11 is 5.27. The summed E-state index contributed by atoms with van der Waals surface area (Å²) in [4.78, 5) is 3.72. The third-order valence-electron chi connectivity index (χ3n) is 3.63. The van der Waals surface area contributed by atoms with Gasteiger partial charge in [-0.25, -0.2) is 0 Å². The maximum atomic E-state index is 5.98. The Morgan fingerprint density at radius 3 is 2.55 bits per heavy atom. The molecule has 0 saturated heterocycles. The number of fused-ring (bicyclic) bond motifs is 1. The van der Waals surface area contributed by atoms with Crippen molar-refractivity contribution >= 4 is 28.1 Å². The van der Waals surface area contributed by atoms with E-state index in [0.717, 1.165) is 39.2 Å². The van der Waals surface area contributed by atoms with Crippen LogP contribution in [0.2, 0.25) is 0 Å². The molecule has 2 aromatic carbocycles. The molecular formula is C17H16N2O2S. The van der Waals surface area contributed by atoms with Crippen LogP contribution in [0.5, 0.6) is 11.5 Å². The first kappa shape index (κ1) is 14.4. The first-order valence-corrected chi connectivity index (χ1v) is 7.19. The Labute approximate surface area is 133 Å². The van der Waals surface area contributed by atoms with Gasteiger partial charge in [0.2, 0.25) is 0 Å². The molecule has 0 aliphatic carbocycles. The lowest BCUT2D eigenvalue weighted by Gasteiger charge is -2.08. The maximum absolute atomic E-state index is 5.98. The summed E-state index contributed by atoms with van der Waals surface area (Å²) in [6, 6.07) is 13.5. The van der Waals surface area contributed by atoms with Gasteiger partial charge in [-0.05, 0) is 30.3 Å². The number of benzene rings is 2. The summed E-state index contributed by atoms with van der Waals surface area (Å²) in [6.07, 6.45) is 0. The van der Waals surface area contributed by atoms with E-state index in [1.807, 2.05) is 42.5 Å². The molecule has 3 N–H and O–H groups in total. The van der Waals surface area contributed by atoms with Crippen LogP contribution >= 0.6 is 12.2 Å². The van der Waals surface area contributed by atoms with Crippen molar-refractivity contribution in [2.24, 2.45) is 5.73 Å². The number of aromatic nitrogens is 1. The minimum atomic E-state index is 0.334. The monoisotopic (exact) mass is 312 g/mol. The van der Waals surface area contributed by atoms with Crippen LogP contribution in [0.15, 0.2) is 42.5 Å². The molecule has 0 spiro atoms. The number of para-hydroxylation sites is 1.